The lowest BCUT2D eigenvalue weighted by Gasteiger charge is -2.09. The second-order valence-electron chi connectivity index (χ2n) is 4.71. The minimum Gasteiger partial charge on any atom is -0.310 e. The van der Waals surface area contributed by atoms with Crippen LogP contribution in [0.5, 0.6) is 0 Å². The van der Waals surface area contributed by atoms with Crippen LogP contribution in [0.4, 0.5) is 8.78 Å². The quantitative estimate of drug-likeness (QED) is 0.845. The molecule has 5 heteroatoms. The van der Waals surface area contributed by atoms with Gasteiger partial charge >= 0.3 is 0 Å². The molecular weight excluding hydrogens is 238 g/mol. The maximum Gasteiger partial charge on any atom is 0.261 e. The van der Waals surface area contributed by atoms with Crippen LogP contribution in [-0.4, -0.2) is 9.97 Å². The Morgan fingerprint density at radius 3 is 2.67 bits per heavy atom. The molecular formula is C13H12F2N2O. The third kappa shape index (κ3) is 1.79. The van der Waals surface area contributed by atoms with Crippen molar-refractivity contribution in [1.82, 2.24) is 9.97 Å². The average Bonchev–Trinajstić information content (AvgIpc) is 2.80. The van der Waals surface area contributed by atoms with E-state index in [1.165, 1.54) is 0 Å². The van der Waals surface area contributed by atoms with Crippen LogP contribution in [0, 0.1) is 11.6 Å². The van der Waals surface area contributed by atoms with Crippen molar-refractivity contribution >= 4 is 10.9 Å². The molecule has 1 N–H and O–H groups in total. The van der Waals surface area contributed by atoms with Crippen LogP contribution in [0.1, 0.15) is 37.4 Å². The van der Waals surface area contributed by atoms with Crippen LogP contribution < -0.4 is 5.56 Å². The van der Waals surface area contributed by atoms with E-state index < -0.39 is 17.2 Å². The number of fused-ring (bicyclic) bond motifs is 1. The fraction of sp³-hybridized carbons (Fsp3) is 0.385. The van der Waals surface area contributed by atoms with E-state index in [4.69, 9.17) is 0 Å². The molecule has 3 nitrogen and oxygen atoms in total. The SMILES string of the molecule is O=c1[nH]c(C2CCCC2)nc2cc(F)cc(F)c12. The van der Waals surface area contributed by atoms with E-state index in [1.54, 1.807) is 0 Å². The Labute approximate surface area is 102 Å². The number of benzene rings is 1. The largest absolute Gasteiger partial charge is 0.310 e. The van der Waals surface area contributed by atoms with E-state index in [2.05, 4.69) is 9.97 Å². The molecule has 1 aromatic carbocycles. The summed E-state index contributed by atoms with van der Waals surface area (Å²) in [5.41, 5.74) is -0.433. The molecule has 1 heterocycles. The fourth-order valence-electron chi connectivity index (χ4n) is 2.60. The standard InChI is InChI=1S/C13H12F2N2O/c14-8-5-9(15)11-10(6-8)16-12(17-13(11)18)7-3-1-2-4-7/h5-7H,1-4H2,(H,16,17,18). The van der Waals surface area contributed by atoms with Gasteiger partial charge in [-0.1, -0.05) is 12.8 Å². The maximum absolute atomic E-state index is 13.5. The summed E-state index contributed by atoms with van der Waals surface area (Å²) in [6.07, 6.45) is 4.13. The molecule has 0 unspecified atom stereocenters. The highest BCUT2D eigenvalue weighted by atomic mass is 19.1. The van der Waals surface area contributed by atoms with E-state index in [0.29, 0.717) is 11.9 Å². The van der Waals surface area contributed by atoms with E-state index >= 15 is 0 Å². The van der Waals surface area contributed by atoms with Gasteiger partial charge in [0.15, 0.2) is 0 Å². The highest BCUT2D eigenvalue weighted by molar-refractivity contribution is 5.78. The van der Waals surface area contributed by atoms with Gasteiger partial charge in [-0.25, -0.2) is 13.8 Å². The molecule has 1 aliphatic carbocycles. The Balaban J connectivity index is 2.23. The Morgan fingerprint density at radius 1 is 1.22 bits per heavy atom. The van der Waals surface area contributed by atoms with Gasteiger partial charge in [-0.2, -0.15) is 0 Å². The van der Waals surface area contributed by atoms with E-state index in [9.17, 15) is 13.6 Å². The highest BCUT2D eigenvalue weighted by Gasteiger charge is 2.21. The van der Waals surface area contributed by atoms with Crippen LogP contribution in [-0.2, 0) is 0 Å². The monoisotopic (exact) mass is 250 g/mol. The predicted molar refractivity (Wildman–Crippen MR) is 63.5 cm³/mol. The van der Waals surface area contributed by atoms with Crippen molar-refractivity contribution in [3.8, 4) is 0 Å². The van der Waals surface area contributed by atoms with Crippen LogP contribution in [0.2, 0.25) is 0 Å². The predicted octanol–water partition coefficient (Wildman–Crippen LogP) is 2.86. The molecule has 0 spiro atoms. The number of aromatic amines is 1. The van der Waals surface area contributed by atoms with Crippen molar-refractivity contribution < 1.29 is 8.78 Å². The molecule has 1 saturated carbocycles. The lowest BCUT2D eigenvalue weighted by atomic mass is 10.1. The third-order valence-electron chi connectivity index (χ3n) is 3.49. The Hall–Kier alpha value is -1.78. The summed E-state index contributed by atoms with van der Waals surface area (Å²) in [6, 6.07) is 1.81. The fourth-order valence-corrected chi connectivity index (χ4v) is 2.60. The number of hydrogen-bond acceptors (Lipinski definition) is 2. The van der Waals surface area contributed by atoms with Gasteiger partial charge in [0, 0.05) is 18.1 Å². The van der Waals surface area contributed by atoms with E-state index in [0.717, 1.165) is 31.7 Å². The van der Waals surface area contributed by atoms with Crippen LogP contribution in [0.15, 0.2) is 16.9 Å². The van der Waals surface area contributed by atoms with Crippen LogP contribution in [0.3, 0.4) is 0 Å². The summed E-state index contributed by atoms with van der Waals surface area (Å²) < 4.78 is 26.7. The van der Waals surface area contributed by atoms with Crippen molar-refractivity contribution in [2.75, 3.05) is 0 Å². The number of nitrogens with zero attached hydrogens (tertiary/aromatic N) is 1. The van der Waals surface area contributed by atoms with Gasteiger partial charge in [0.05, 0.1) is 5.52 Å². The van der Waals surface area contributed by atoms with Crippen LogP contribution >= 0.6 is 0 Å². The van der Waals surface area contributed by atoms with Gasteiger partial charge in [0.2, 0.25) is 0 Å². The van der Waals surface area contributed by atoms with Gasteiger partial charge in [-0.05, 0) is 12.8 Å². The zero-order chi connectivity index (χ0) is 12.7. The summed E-state index contributed by atoms with van der Waals surface area (Å²) in [5.74, 6) is -0.823. The molecule has 1 aliphatic rings. The molecule has 0 saturated heterocycles. The first-order valence-electron chi connectivity index (χ1n) is 6.04. The van der Waals surface area contributed by atoms with Gasteiger partial charge in [-0.3, -0.25) is 4.79 Å². The molecule has 0 aliphatic heterocycles. The summed E-state index contributed by atoms with van der Waals surface area (Å²) >= 11 is 0. The summed E-state index contributed by atoms with van der Waals surface area (Å²) in [4.78, 5) is 18.7. The lowest BCUT2D eigenvalue weighted by Crippen LogP contribution is -2.15. The average molecular weight is 250 g/mol. The first-order chi connectivity index (χ1) is 8.65. The van der Waals surface area contributed by atoms with Gasteiger partial charge < -0.3 is 4.98 Å². The van der Waals surface area contributed by atoms with Crippen molar-refractivity contribution in [1.29, 1.82) is 0 Å². The zero-order valence-electron chi connectivity index (χ0n) is 9.67. The number of H-pyrrole nitrogens is 1. The van der Waals surface area contributed by atoms with E-state index in [-0.39, 0.29) is 16.8 Å². The van der Waals surface area contributed by atoms with E-state index in [1.807, 2.05) is 0 Å². The van der Waals surface area contributed by atoms with Crippen molar-refractivity contribution in [2.45, 2.75) is 31.6 Å². The second-order valence-corrected chi connectivity index (χ2v) is 4.71. The molecule has 0 radical (unpaired) electrons. The third-order valence-corrected chi connectivity index (χ3v) is 3.49. The normalized spacial score (nSPS) is 16.6. The van der Waals surface area contributed by atoms with Gasteiger partial charge in [0.25, 0.3) is 5.56 Å². The minimum absolute atomic E-state index is 0.0955. The summed E-state index contributed by atoms with van der Waals surface area (Å²) in [5, 5.41) is -0.168. The maximum atomic E-state index is 13.5. The molecule has 0 atom stereocenters. The van der Waals surface area contributed by atoms with Crippen LogP contribution in [0.25, 0.3) is 10.9 Å². The number of halogens is 2. The lowest BCUT2D eigenvalue weighted by molar-refractivity contribution is 0.589. The summed E-state index contributed by atoms with van der Waals surface area (Å²) in [6.45, 7) is 0. The number of nitrogens with one attached hydrogen (secondary N) is 1. The first-order valence-corrected chi connectivity index (χ1v) is 6.04. The van der Waals surface area contributed by atoms with Gasteiger partial charge in [-0.15, -0.1) is 0 Å². The Bertz CT molecular complexity index is 660. The smallest absolute Gasteiger partial charge is 0.261 e. The number of hydrogen-bond donors (Lipinski definition) is 1. The van der Waals surface area contributed by atoms with Gasteiger partial charge in [0.1, 0.15) is 22.8 Å². The molecule has 94 valence electrons. The molecule has 1 aromatic heterocycles. The molecule has 0 bridgehead atoms. The first kappa shape index (κ1) is 11.3. The Kier molecular flexibility index (Phi) is 2.61. The topological polar surface area (TPSA) is 45.8 Å². The minimum atomic E-state index is -0.864. The molecule has 0 amide bonds. The molecule has 18 heavy (non-hydrogen) atoms. The second kappa shape index (κ2) is 4.15. The highest BCUT2D eigenvalue weighted by Crippen LogP contribution is 2.32. The summed E-state index contributed by atoms with van der Waals surface area (Å²) in [7, 11) is 0. The number of aromatic nitrogens is 2. The molecule has 1 fully saturated rings. The number of rotatable bonds is 1. The van der Waals surface area contributed by atoms with Crippen molar-refractivity contribution in [2.24, 2.45) is 0 Å². The Morgan fingerprint density at radius 2 is 1.94 bits per heavy atom. The molecule has 2 aromatic rings. The molecule has 3 rings (SSSR count). The zero-order valence-corrected chi connectivity index (χ0v) is 9.67. The van der Waals surface area contributed by atoms with Crippen molar-refractivity contribution in [3.05, 3.63) is 39.9 Å². The van der Waals surface area contributed by atoms with Crippen molar-refractivity contribution in [3.63, 3.8) is 0 Å².